The molecule has 2 heterocycles. The van der Waals surface area contributed by atoms with Crippen molar-refractivity contribution in [2.24, 2.45) is 11.1 Å². The Kier molecular flexibility index (Phi) is 3.86. The van der Waals surface area contributed by atoms with E-state index < -0.39 is 11.3 Å². The average molecular weight is 311 g/mol. The first-order chi connectivity index (χ1) is 10.0. The van der Waals surface area contributed by atoms with Gasteiger partial charge in [0.2, 0.25) is 5.91 Å². The van der Waals surface area contributed by atoms with Crippen LogP contribution in [0.15, 0.2) is 0 Å². The van der Waals surface area contributed by atoms with Gasteiger partial charge in [-0.3, -0.25) is 9.59 Å². The molecular formula is C14H21N3O3S. The van der Waals surface area contributed by atoms with Crippen LogP contribution in [-0.4, -0.2) is 40.8 Å². The smallest absolute Gasteiger partial charge is 0.315 e. The maximum atomic E-state index is 12.0. The topological polar surface area (TPSA) is 101 Å². The van der Waals surface area contributed by atoms with Gasteiger partial charge in [0.25, 0.3) is 0 Å². The quantitative estimate of drug-likeness (QED) is 0.363. The predicted molar refractivity (Wildman–Crippen MR) is 79.8 cm³/mol. The van der Waals surface area contributed by atoms with Gasteiger partial charge in [0.1, 0.15) is 11.2 Å². The Bertz CT molecular complexity index is 478. The summed E-state index contributed by atoms with van der Waals surface area (Å²) in [6.07, 6.45) is 4.42. The molecule has 0 aromatic carbocycles. The van der Waals surface area contributed by atoms with Gasteiger partial charge < -0.3 is 16.4 Å². The van der Waals surface area contributed by atoms with E-state index in [2.05, 4.69) is 10.6 Å². The lowest BCUT2D eigenvalue weighted by molar-refractivity contribution is -0.134. The zero-order valence-corrected chi connectivity index (χ0v) is 12.7. The van der Waals surface area contributed by atoms with Crippen molar-refractivity contribution >= 4 is 29.5 Å². The Hall–Kier alpha value is -1.24. The fraction of sp³-hybridized carbons (Fsp3) is 0.786. The van der Waals surface area contributed by atoms with E-state index in [-0.39, 0.29) is 23.9 Å². The van der Waals surface area contributed by atoms with Crippen molar-refractivity contribution in [3.05, 3.63) is 0 Å². The lowest BCUT2D eigenvalue weighted by Crippen LogP contribution is -2.36. The molecule has 0 spiro atoms. The van der Waals surface area contributed by atoms with Gasteiger partial charge in [-0.1, -0.05) is 6.42 Å². The summed E-state index contributed by atoms with van der Waals surface area (Å²) in [5.74, 6) is 0.516. The molecule has 2 saturated heterocycles. The van der Waals surface area contributed by atoms with Crippen molar-refractivity contribution in [3.63, 3.8) is 0 Å². The molecule has 3 rings (SSSR count). The molecule has 3 fully saturated rings. The Morgan fingerprint density at radius 2 is 2.05 bits per heavy atom. The Morgan fingerprint density at radius 3 is 2.71 bits per heavy atom. The fourth-order valence-electron chi connectivity index (χ4n) is 3.30. The summed E-state index contributed by atoms with van der Waals surface area (Å²) in [5.41, 5.74) is 4.48. The molecule has 6 nitrogen and oxygen atoms in total. The molecule has 3 aliphatic rings. The monoisotopic (exact) mass is 311 g/mol. The molecular weight excluding hydrogens is 290 g/mol. The molecule has 3 amide bonds. The average Bonchev–Trinajstić information content (AvgIpc) is 3.07. The highest BCUT2D eigenvalue weighted by molar-refractivity contribution is 8.00. The van der Waals surface area contributed by atoms with Crippen molar-refractivity contribution in [1.82, 2.24) is 10.6 Å². The zero-order chi connectivity index (χ0) is 15.0. The third-order valence-corrected chi connectivity index (χ3v) is 6.34. The van der Waals surface area contributed by atoms with Crippen LogP contribution < -0.4 is 16.4 Å². The molecule has 1 aliphatic carbocycles. The van der Waals surface area contributed by atoms with Crippen LogP contribution in [0.25, 0.3) is 0 Å². The molecule has 21 heavy (non-hydrogen) atoms. The van der Waals surface area contributed by atoms with E-state index in [9.17, 15) is 14.4 Å². The van der Waals surface area contributed by atoms with Crippen LogP contribution in [0, 0.1) is 5.41 Å². The van der Waals surface area contributed by atoms with Crippen molar-refractivity contribution in [3.8, 4) is 0 Å². The van der Waals surface area contributed by atoms with Gasteiger partial charge in [0.05, 0.1) is 12.1 Å². The summed E-state index contributed by atoms with van der Waals surface area (Å²) in [5, 5.41) is 6.31. The number of primary amides is 1. The number of rotatable bonds is 7. The highest BCUT2D eigenvalue weighted by Gasteiger charge is 2.54. The number of nitrogens with one attached hydrogen (secondary N) is 2. The van der Waals surface area contributed by atoms with Gasteiger partial charge in [-0.15, -0.1) is 0 Å². The van der Waals surface area contributed by atoms with Crippen molar-refractivity contribution in [2.75, 3.05) is 5.75 Å². The zero-order valence-electron chi connectivity index (χ0n) is 11.9. The lowest BCUT2D eigenvalue weighted by atomic mass is 9.95. The van der Waals surface area contributed by atoms with Crippen LogP contribution in [-0.2, 0) is 9.59 Å². The first-order valence-corrected chi connectivity index (χ1v) is 8.60. The Balaban J connectivity index is 1.38. The third-order valence-electron chi connectivity index (χ3n) is 4.84. The Labute approximate surface area is 128 Å². The van der Waals surface area contributed by atoms with E-state index in [4.69, 9.17) is 5.73 Å². The number of urea groups is 1. The summed E-state index contributed by atoms with van der Waals surface area (Å²) >= 11 is 1.88. The molecule has 0 bridgehead atoms. The number of carbonyl (C=O) groups is 3. The number of nitrogens with two attached hydrogens (primary N) is 1. The van der Waals surface area contributed by atoms with E-state index in [0.29, 0.717) is 24.5 Å². The summed E-state index contributed by atoms with van der Waals surface area (Å²) < 4.78 is 0. The maximum Gasteiger partial charge on any atom is 0.315 e. The van der Waals surface area contributed by atoms with Crippen LogP contribution in [0.2, 0.25) is 0 Å². The minimum absolute atomic E-state index is 0.0165. The predicted octanol–water partition coefficient (Wildman–Crippen LogP) is 0.547. The van der Waals surface area contributed by atoms with E-state index in [1.54, 1.807) is 0 Å². The lowest BCUT2D eigenvalue weighted by Gasteiger charge is -2.16. The standard InChI is InChI=1S/C14H21N3O3S/c15-12(19)14(5-6-14)10(18)4-2-1-3-9-11-8(7-21-9)16-13(20)17-11/h8-9,11H,1-7H2,(H2,15,19)(H2,16,17,20). The number of hydrogen-bond acceptors (Lipinski definition) is 4. The minimum atomic E-state index is -0.823. The summed E-state index contributed by atoms with van der Waals surface area (Å²) in [4.78, 5) is 34.6. The van der Waals surface area contributed by atoms with Crippen LogP contribution in [0.5, 0.6) is 0 Å². The second-order valence-electron chi connectivity index (χ2n) is 6.24. The molecule has 3 atom stereocenters. The van der Waals surface area contributed by atoms with E-state index in [1.165, 1.54) is 0 Å². The number of fused-ring (bicyclic) bond motifs is 1. The first kappa shape index (κ1) is 14.7. The molecule has 0 aromatic heterocycles. The normalized spacial score (nSPS) is 32.2. The van der Waals surface area contributed by atoms with Crippen LogP contribution >= 0.6 is 11.8 Å². The summed E-state index contributed by atoms with van der Waals surface area (Å²) in [6, 6.07) is 0.403. The first-order valence-electron chi connectivity index (χ1n) is 7.55. The number of hydrogen-bond donors (Lipinski definition) is 3. The molecule has 116 valence electrons. The number of Topliss-reactive ketones (excluding diaryl/α,β-unsaturated/α-hetero) is 1. The molecule has 1 saturated carbocycles. The SMILES string of the molecule is NC(=O)C1(C(=O)CCCCC2SCC3NC(=O)NC32)CC1. The number of unbranched alkanes of at least 4 members (excludes halogenated alkanes) is 1. The van der Waals surface area contributed by atoms with Crippen molar-refractivity contribution in [1.29, 1.82) is 0 Å². The number of amides is 3. The van der Waals surface area contributed by atoms with E-state index in [0.717, 1.165) is 25.0 Å². The minimum Gasteiger partial charge on any atom is -0.369 e. The highest BCUT2D eigenvalue weighted by Crippen LogP contribution is 2.47. The second-order valence-corrected chi connectivity index (χ2v) is 7.51. The number of ketones is 1. The molecule has 4 N–H and O–H groups in total. The molecule has 7 heteroatoms. The summed E-state index contributed by atoms with van der Waals surface area (Å²) in [6.45, 7) is 0. The second kappa shape index (κ2) is 5.51. The van der Waals surface area contributed by atoms with Gasteiger partial charge >= 0.3 is 6.03 Å². The van der Waals surface area contributed by atoms with Gasteiger partial charge in [-0.05, 0) is 25.7 Å². The van der Waals surface area contributed by atoms with Crippen LogP contribution in [0.1, 0.15) is 38.5 Å². The van der Waals surface area contributed by atoms with Gasteiger partial charge in [-0.25, -0.2) is 4.79 Å². The molecule has 3 unspecified atom stereocenters. The fourth-order valence-corrected chi connectivity index (χ4v) is 4.84. The van der Waals surface area contributed by atoms with Gasteiger partial charge in [0, 0.05) is 17.4 Å². The molecule has 0 aromatic rings. The number of carbonyl (C=O) groups excluding carboxylic acids is 3. The molecule has 0 radical (unpaired) electrons. The maximum absolute atomic E-state index is 12.0. The van der Waals surface area contributed by atoms with Crippen molar-refractivity contribution in [2.45, 2.75) is 55.9 Å². The van der Waals surface area contributed by atoms with Crippen LogP contribution in [0.3, 0.4) is 0 Å². The van der Waals surface area contributed by atoms with Crippen LogP contribution in [0.4, 0.5) is 4.79 Å². The third kappa shape index (κ3) is 2.75. The Morgan fingerprint density at radius 1 is 1.29 bits per heavy atom. The van der Waals surface area contributed by atoms with Gasteiger partial charge in [0.15, 0.2) is 0 Å². The van der Waals surface area contributed by atoms with E-state index in [1.807, 2.05) is 11.8 Å². The molecule has 2 aliphatic heterocycles. The van der Waals surface area contributed by atoms with E-state index >= 15 is 0 Å². The summed E-state index contributed by atoms with van der Waals surface area (Å²) in [7, 11) is 0. The largest absolute Gasteiger partial charge is 0.369 e. The van der Waals surface area contributed by atoms with Gasteiger partial charge in [-0.2, -0.15) is 11.8 Å². The highest BCUT2D eigenvalue weighted by atomic mass is 32.2. The van der Waals surface area contributed by atoms with Crippen molar-refractivity contribution < 1.29 is 14.4 Å². The number of thioether (sulfide) groups is 1.